The van der Waals surface area contributed by atoms with Crippen molar-refractivity contribution in [3.05, 3.63) is 65.2 Å². The number of benzene rings is 2. The van der Waals surface area contributed by atoms with E-state index in [1.165, 1.54) is 6.92 Å². The lowest BCUT2D eigenvalue weighted by Gasteiger charge is -2.48. The molecule has 0 bridgehead atoms. The third-order valence-corrected chi connectivity index (χ3v) is 6.97. The number of hydrogen-bond donors (Lipinski definition) is 3. The maximum Gasteiger partial charge on any atom is 0.217 e. The van der Waals surface area contributed by atoms with Crippen molar-refractivity contribution in [1.82, 2.24) is 10.6 Å². The highest BCUT2D eigenvalue weighted by atomic mass is 19.1. The Morgan fingerprint density at radius 2 is 1.94 bits per heavy atom. The number of hydrogen-bond acceptors (Lipinski definition) is 4. The summed E-state index contributed by atoms with van der Waals surface area (Å²) < 4.78 is 20.7. The van der Waals surface area contributed by atoms with E-state index in [1.54, 1.807) is 13.8 Å². The third kappa shape index (κ3) is 6.16. The highest BCUT2D eigenvalue weighted by Gasteiger charge is 2.45. The largest absolute Gasteiger partial charge is 0.487 e. The number of amides is 1. The molecule has 2 aromatic rings. The molecule has 1 amide bonds. The second-order valence-electron chi connectivity index (χ2n) is 10.6. The predicted octanol–water partition coefficient (Wildman–Crippen LogP) is 4.42. The van der Waals surface area contributed by atoms with E-state index < -0.39 is 17.8 Å². The van der Waals surface area contributed by atoms with Crippen molar-refractivity contribution in [1.29, 1.82) is 0 Å². The zero-order valence-electron chi connectivity index (χ0n) is 20.4. The van der Waals surface area contributed by atoms with Crippen LogP contribution in [0, 0.1) is 0 Å². The molecule has 34 heavy (non-hydrogen) atoms. The number of nitrogens with one attached hydrogen (secondary N) is 2. The average Bonchev–Trinajstić information content (AvgIpc) is 2.75. The lowest BCUT2D eigenvalue weighted by atomic mass is 9.72. The molecule has 0 aromatic heterocycles. The summed E-state index contributed by atoms with van der Waals surface area (Å²) in [5.41, 5.74) is 1.57. The van der Waals surface area contributed by atoms with Crippen LogP contribution < -0.4 is 15.4 Å². The Morgan fingerprint density at radius 3 is 2.56 bits per heavy atom. The molecule has 2 aromatic carbocycles. The zero-order chi connectivity index (χ0) is 24.3. The minimum Gasteiger partial charge on any atom is -0.487 e. The summed E-state index contributed by atoms with van der Waals surface area (Å²) in [7, 11) is 0. The fourth-order valence-electron chi connectivity index (χ4n) is 5.19. The van der Waals surface area contributed by atoms with Crippen LogP contribution in [0.1, 0.15) is 69.2 Å². The van der Waals surface area contributed by atoms with Crippen LogP contribution in [0.5, 0.6) is 5.75 Å². The molecule has 0 radical (unpaired) electrons. The molecule has 1 heterocycles. The number of aliphatic hydroxyl groups excluding tert-OH is 1. The van der Waals surface area contributed by atoms with Gasteiger partial charge < -0.3 is 20.5 Å². The van der Waals surface area contributed by atoms with Gasteiger partial charge in [-0.05, 0) is 56.7 Å². The molecule has 1 spiro atoms. The Balaban J connectivity index is 1.50. The van der Waals surface area contributed by atoms with Crippen molar-refractivity contribution in [2.75, 3.05) is 6.54 Å². The van der Waals surface area contributed by atoms with E-state index >= 15 is 0 Å². The van der Waals surface area contributed by atoms with Crippen LogP contribution >= 0.6 is 0 Å². The summed E-state index contributed by atoms with van der Waals surface area (Å²) in [6.45, 7) is 4.98. The van der Waals surface area contributed by atoms with Gasteiger partial charge in [-0.1, -0.05) is 42.5 Å². The van der Waals surface area contributed by atoms with Crippen LogP contribution in [0.15, 0.2) is 48.5 Å². The first-order chi connectivity index (χ1) is 16.1. The molecule has 5 nitrogen and oxygen atoms in total. The molecule has 2 aliphatic rings. The van der Waals surface area contributed by atoms with E-state index in [4.69, 9.17) is 4.74 Å². The first-order valence-corrected chi connectivity index (χ1v) is 12.4. The number of carbonyl (C=O) groups excluding carboxylic acids is 1. The number of carbonyl (C=O) groups is 1. The SMILES string of the molecule is CC(=O)N[C@@H](Cc1ccccc1)[C@H](O)CN[C@H]1CC2(CCC2)Oc2ccc(CC(C)(C)F)cc21. The van der Waals surface area contributed by atoms with Crippen LogP contribution in [0.2, 0.25) is 0 Å². The van der Waals surface area contributed by atoms with Gasteiger partial charge in [0, 0.05) is 37.9 Å². The molecular weight excluding hydrogens is 431 g/mol. The van der Waals surface area contributed by atoms with E-state index in [0.29, 0.717) is 19.4 Å². The first-order valence-electron chi connectivity index (χ1n) is 12.4. The number of halogens is 1. The summed E-state index contributed by atoms with van der Waals surface area (Å²) in [5, 5.41) is 17.5. The van der Waals surface area contributed by atoms with Crippen LogP contribution in [0.4, 0.5) is 4.39 Å². The van der Waals surface area contributed by atoms with Crippen LogP contribution in [-0.2, 0) is 17.6 Å². The summed E-state index contributed by atoms with van der Waals surface area (Å²) in [6, 6.07) is 15.4. The molecule has 1 aliphatic heterocycles. The Hall–Kier alpha value is -2.44. The van der Waals surface area contributed by atoms with E-state index in [9.17, 15) is 14.3 Å². The van der Waals surface area contributed by atoms with Gasteiger partial charge in [0.1, 0.15) is 17.0 Å². The number of fused-ring (bicyclic) bond motifs is 1. The molecule has 0 saturated heterocycles. The number of rotatable bonds is 9. The van der Waals surface area contributed by atoms with Crippen LogP contribution in [0.25, 0.3) is 0 Å². The van der Waals surface area contributed by atoms with Gasteiger partial charge in [-0.3, -0.25) is 4.79 Å². The van der Waals surface area contributed by atoms with Crippen molar-refractivity contribution in [2.24, 2.45) is 0 Å². The summed E-state index contributed by atoms with van der Waals surface area (Å²) in [5.74, 6) is 0.685. The Morgan fingerprint density at radius 1 is 1.21 bits per heavy atom. The maximum atomic E-state index is 14.3. The van der Waals surface area contributed by atoms with E-state index in [-0.39, 0.29) is 17.6 Å². The topological polar surface area (TPSA) is 70.6 Å². The maximum absolute atomic E-state index is 14.3. The first kappa shape index (κ1) is 24.7. The molecule has 3 N–H and O–H groups in total. The van der Waals surface area contributed by atoms with Crippen LogP contribution in [0.3, 0.4) is 0 Å². The van der Waals surface area contributed by atoms with Crippen molar-refractivity contribution in [2.45, 2.75) is 88.8 Å². The Kier molecular flexibility index (Phi) is 7.29. The highest BCUT2D eigenvalue weighted by molar-refractivity contribution is 5.73. The summed E-state index contributed by atoms with van der Waals surface area (Å²) >= 11 is 0. The fraction of sp³-hybridized carbons (Fsp3) is 0.536. The molecule has 184 valence electrons. The fourth-order valence-corrected chi connectivity index (χ4v) is 5.19. The summed E-state index contributed by atoms with van der Waals surface area (Å²) in [6.07, 6.45) is 4.14. The van der Waals surface area contributed by atoms with Gasteiger partial charge >= 0.3 is 0 Å². The molecule has 1 aliphatic carbocycles. The van der Waals surface area contributed by atoms with Gasteiger partial charge in [0.05, 0.1) is 12.1 Å². The minimum atomic E-state index is -1.29. The molecule has 1 fully saturated rings. The summed E-state index contributed by atoms with van der Waals surface area (Å²) in [4.78, 5) is 11.8. The van der Waals surface area contributed by atoms with E-state index in [0.717, 1.165) is 48.1 Å². The number of ether oxygens (including phenoxy) is 1. The van der Waals surface area contributed by atoms with Crippen molar-refractivity contribution < 1.29 is 19.0 Å². The van der Waals surface area contributed by atoms with E-state index in [1.807, 2.05) is 48.5 Å². The predicted molar refractivity (Wildman–Crippen MR) is 132 cm³/mol. The van der Waals surface area contributed by atoms with Crippen molar-refractivity contribution in [3.8, 4) is 5.75 Å². The van der Waals surface area contributed by atoms with Gasteiger partial charge in [0.25, 0.3) is 0 Å². The minimum absolute atomic E-state index is 0.00363. The van der Waals surface area contributed by atoms with E-state index in [2.05, 4.69) is 10.6 Å². The monoisotopic (exact) mass is 468 g/mol. The van der Waals surface area contributed by atoms with Gasteiger partial charge in [0.15, 0.2) is 0 Å². The van der Waals surface area contributed by atoms with Gasteiger partial charge in [-0.25, -0.2) is 4.39 Å². The third-order valence-electron chi connectivity index (χ3n) is 6.97. The molecule has 4 rings (SSSR count). The number of alkyl halides is 1. The van der Waals surface area contributed by atoms with Crippen molar-refractivity contribution >= 4 is 5.91 Å². The smallest absolute Gasteiger partial charge is 0.217 e. The molecule has 0 unspecified atom stereocenters. The highest BCUT2D eigenvalue weighted by Crippen LogP contribution is 2.49. The molecular formula is C28H37FN2O3. The lowest BCUT2D eigenvalue weighted by molar-refractivity contribution is -0.120. The Labute approximate surface area is 202 Å². The Bertz CT molecular complexity index is 985. The normalized spacial score (nSPS) is 20.6. The van der Waals surface area contributed by atoms with Gasteiger partial charge in [-0.2, -0.15) is 0 Å². The van der Waals surface area contributed by atoms with Gasteiger partial charge in [0.2, 0.25) is 5.91 Å². The zero-order valence-corrected chi connectivity index (χ0v) is 20.4. The second kappa shape index (κ2) is 10.0. The molecule has 6 heteroatoms. The second-order valence-corrected chi connectivity index (χ2v) is 10.6. The lowest BCUT2D eigenvalue weighted by Crippen LogP contribution is -2.52. The van der Waals surface area contributed by atoms with Crippen molar-refractivity contribution in [3.63, 3.8) is 0 Å². The number of aliphatic hydroxyl groups is 1. The standard InChI is InChI=1S/C28H37FN2O3/c1-19(32)31-23(15-20-8-5-4-6-9-20)25(33)18-30-24-17-28(12-7-13-28)34-26-11-10-21(14-22(24)26)16-27(2,3)29/h4-6,8-11,14,23-25,30,33H,7,12-13,15-18H2,1-3H3,(H,31,32)/t23-,24-,25+/m0/s1. The average molecular weight is 469 g/mol. The van der Waals surface area contributed by atoms with Gasteiger partial charge in [-0.15, -0.1) is 0 Å². The molecule has 1 saturated carbocycles. The molecule has 3 atom stereocenters. The van der Waals surface area contributed by atoms with Crippen LogP contribution in [-0.4, -0.2) is 41.0 Å². The quantitative estimate of drug-likeness (QED) is 0.510.